The number of aromatic amines is 1. The molecule has 2 rings (SSSR count). The summed E-state index contributed by atoms with van der Waals surface area (Å²) in [5.41, 5.74) is 5.94. The summed E-state index contributed by atoms with van der Waals surface area (Å²) in [4.78, 5) is 11.3. The summed E-state index contributed by atoms with van der Waals surface area (Å²) in [7, 11) is 1.76. The van der Waals surface area contributed by atoms with Gasteiger partial charge in [-0.2, -0.15) is 5.10 Å². The molecule has 0 bridgehead atoms. The first-order valence-corrected chi connectivity index (χ1v) is 5.97. The van der Waals surface area contributed by atoms with Crippen LogP contribution in [0, 0.1) is 5.41 Å². The summed E-state index contributed by atoms with van der Waals surface area (Å²) >= 11 is 0. The first-order chi connectivity index (χ1) is 7.67. The van der Waals surface area contributed by atoms with Crippen LogP contribution in [0.2, 0.25) is 0 Å². The molecule has 3 N–H and O–H groups in total. The molecule has 1 aliphatic carbocycles. The SMILES string of the molecule is Cn1c(CC2(CN)CCCCC2)n[nH]c1=O. The molecule has 0 saturated heterocycles. The summed E-state index contributed by atoms with van der Waals surface area (Å²) in [6, 6.07) is 0. The molecule has 0 atom stereocenters. The largest absolute Gasteiger partial charge is 0.343 e. The molecule has 1 aromatic heterocycles. The Balaban J connectivity index is 2.17. The van der Waals surface area contributed by atoms with E-state index in [-0.39, 0.29) is 11.1 Å². The average molecular weight is 224 g/mol. The van der Waals surface area contributed by atoms with Crippen molar-refractivity contribution in [2.75, 3.05) is 6.54 Å². The fraction of sp³-hybridized carbons (Fsp3) is 0.818. The minimum Gasteiger partial charge on any atom is -0.330 e. The third-order valence-corrected chi connectivity index (χ3v) is 3.85. The van der Waals surface area contributed by atoms with Gasteiger partial charge in [0.15, 0.2) is 0 Å². The van der Waals surface area contributed by atoms with Crippen LogP contribution < -0.4 is 11.4 Å². The highest BCUT2D eigenvalue weighted by molar-refractivity contribution is 4.96. The Hall–Kier alpha value is -1.10. The van der Waals surface area contributed by atoms with E-state index in [1.165, 1.54) is 19.3 Å². The van der Waals surface area contributed by atoms with Gasteiger partial charge in [0.05, 0.1) is 0 Å². The fourth-order valence-corrected chi connectivity index (χ4v) is 2.63. The minimum absolute atomic E-state index is 0.141. The maximum Gasteiger partial charge on any atom is 0.343 e. The van der Waals surface area contributed by atoms with Gasteiger partial charge in [0, 0.05) is 13.5 Å². The third-order valence-electron chi connectivity index (χ3n) is 3.85. The molecule has 1 heterocycles. The van der Waals surface area contributed by atoms with Gasteiger partial charge in [-0.05, 0) is 24.8 Å². The molecule has 16 heavy (non-hydrogen) atoms. The quantitative estimate of drug-likeness (QED) is 0.787. The van der Waals surface area contributed by atoms with Crippen LogP contribution in [0.15, 0.2) is 4.79 Å². The van der Waals surface area contributed by atoms with Crippen LogP contribution in [0.25, 0.3) is 0 Å². The lowest BCUT2D eigenvalue weighted by Gasteiger charge is -2.35. The van der Waals surface area contributed by atoms with Crippen LogP contribution in [0.4, 0.5) is 0 Å². The monoisotopic (exact) mass is 224 g/mol. The zero-order chi connectivity index (χ0) is 11.6. The Morgan fingerprint density at radius 3 is 2.62 bits per heavy atom. The normalized spacial score (nSPS) is 19.9. The van der Waals surface area contributed by atoms with Crippen molar-refractivity contribution in [3.8, 4) is 0 Å². The maximum absolute atomic E-state index is 11.3. The van der Waals surface area contributed by atoms with Crippen molar-refractivity contribution in [2.45, 2.75) is 38.5 Å². The Morgan fingerprint density at radius 1 is 1.44 bits per heavy atom. The van der Waals surface area contributed by atoms with E-state index in [1.54, 1.807) is 11.6 Å². The molecule has 5 heteroatoms. The number of nitrogens with zero attached hydrogens (tertiary/aromatic N) is 2. The lowest BCUT2D eigenvalue weighted by Crippen LogP contribution is -2.36. The van der Waals surface area contributed by atoms with Crippen molar-refractivity contribution in [1.82, 2.24) is 14.8 Å². The molecular formula is C11H20N4O. The average Bonchev–Trinajstić information content (AvgIpc) is 2.62. The molecule has 1 aromatic rings. The van der Waals surface area contributed by atoms with E-state index in [2.05, 4.69) is 10.2 Å². The smallest absolute Gasteiger partial charge is 0.330 e. The van der Waals surface area contributed by atoms with Crippen LogP contribution in [0.5, 0.6) is 0 Å². The Bertz CT molecular complexity index is 400. The Labute approximate surface area is 95.0 Å². The topological polar surface area (TPSA) is 76.7 Å². The third kappa shape index (κ3) is 2.04. The number of hydrogen-bond acceptors (Lipinski definition) is 3. The van der Waals surface area contributed by atoms with E-state index in [4.69, 9.17) is 5.73 Å². The summed E-state index contributed by atoms with van der Waals surface area (Å²) in [5, 5.41) is 6.56. The fourth-order valence-electron chi connectivity index (χ4n) is 2.63. The molecule has 0 amide bonds. The molecule has 0 aromatic carbocycles. The summed E-state index contributed by atoms with van der Waals surface area (Å²) in [5.74, 6) is 0.831. The molecule has 0 unspecified atom stereocenters. The molecule has 1 saturated carbocycles. The van der Waals surface area contributed by atoms with Gasteiger partial charge in [0.25, 0.3) is 0 Å². The van der Waals surface area contributed by atoms with Crippen molar-refractivity contribution < 1.29 is 0 Å². The Morgan fingerprint density at radius 2 is 2.12 bits per heavy atom. The van der Waals surface area contributed by atoms with Gasteiger partial charge >= 0.3 is 5.69 Å². The second-order valence-corrected chi connectivity index (χ2v) is 4.95. The first kappa shape index (κ1) is 11.4. The zero-order valence-electron chi connectivity index (χ0n) is 9.83. The van der Waals surface area contributed by atoms with Crippen LogP contribution in [0.3, 0.4) is 0 Å². The van der Waals surface area contributed by atoms with Crippen LogP contribution in [-0.4, -0.2) is 21.3 Å². The van der Waals surface area contributed by atoms with Gasteiger partial charge in [-0.15, -0.1) is 0 Å². The summed E-state index contributed by atoms with van der Waals surface area (Å²) < 4.78 is 1.59. The van der Waals surface area contributed by atoms with Crippen molar-refractivity contribution in [3.05, 3.63) is 16.3 Å². The summed E-state index contributed by atoms with van der Waals surface area (Å²) in [6.07, 6.45) is 6.93. The van der Waals surface area contributed by atoms with Crippen molar-refractivity contribution >= 4 is 0 Å². The number of H-pyrrole nitrogens is 1. The van der Waals surface area contributed by atoms with E-state index in [1.807, 2.05) is 0 Å². The minimum atomic E-state index is -0.141. The lowest BCUT2D eigenvalue weighted by atomic mass is 9.72. The second kappa shape index (κ2) is 4.41. The standard InChI is InChI=1S/C11H20N4O/c1-15-9(13-14-10(15)16)7-11(8-12)5-3-2-4-6-11/h2-8,12H2,1H3,(H,14,16). The van der Waals surface area contributed by atoms with Gasteiger partial charge in [0.1, 0.15) is 5.82 Å². The number of nitrogens with one attached hydrogen (secondary N) is 1. The van der Waals surface area contributed by atoms with Gasteiger partial charge in [-0.3, -0.25) is 4.57 Å². The number of aromatic nitrogens is 3. The van der Waals surface area contributed by atoms with E-state index in [0.717, 1.165) is 25.1 Å². The molecule has 1 fully saturated rings. The van der Waals surface area contributed by atoms with Gasteiger partial charge < -0.3 is 5.73 Å². The molecule has 5 nitrogen and oxygen atoms in total. The lowest BCUT2D eigenvalue weighted by molar-refractivity contribution is 0.192. The number of hydrogen-bond donors (Lipinski definition) is 2. The highest BCUT2D eigenvalue weighted by Gasteiger charge is 2.32. The predicted molar refractivity (Wildman–Crippen MR) is 62.1 cm³/mol. The van der Waals surface area contributed by atoms with Crippen LogP contribution >= 0.6 is 0 Å². The zero-order valence-corrected chi connectivity index (χ0v) is 9.83. The van der Waals surface area contributed by atoms with Crippen LogP contribution in [0.1, 0.15) is 37.9 Å². The molecule has 1 aliphatic rings. The molecule has 0 radical (unpaired) electrons. The second-order valence-electron chi connectivity index (χ2n) is 4.95. The first-order valence-electron chi connectivity index (χ1n) is 5.97. The maximum atomic E-state index is 11.3. The van der Waals surface area contributed by atoms with Crippen molar-refractivity contribution in [2.24, 2.45) is 18.2 Å². The van der Waals surface area contributed by atoms with Crippen molar-refractivity contribution in [1.29, 1.82) is 0 Å². The highest BCUT2D eigenvalue weighted by atomic mass is 16.1. The van der Waals surface area contributed by atoms with Gasteiger partial charge in [-0.1, -0.05) is 19.3 Å². The summed E-state index contributed by atoms with van der Waals surface area (Å²) in [6.45, 7) is 0.689. The Kier molecular flexibility index (Phi) is 3.14. The molecule has 0 aliphatic heterocycles. The van der Waals surface area contributed by atoms with E-state index < -0.39 is 0 Å². The highest BCUT2D eigenvalue weighted by Crippen LogP contribution is 2.37. The van der Waals surface area contributed by atoms with E-state index in [9.17, 15) is 4.79 Å². The van der Waals surface area contributed by atoms with Gasteiger partial charge in [0.2, 0.25) is 0 Å². The molecule has 0 spiro atoms. The van der Waals surface area contributed by atoms with E-state index in [0.29, 0.717) is 6.54 Å². The van der Waals surface area contributed by atoms with Crippen molar-refractivity contribution in [3.63, 3.8) is 0 Å². The van der Waals surface area contributed by atoms with Gasteiger partial charge in [-0.25, -0.2) is 9.89 Å². The molecular weight excluding hydrogens is 204 g/mol. The number of rotatable bonds is 3. The molecule has 90 valence electrons. The predicted octanol–water partition coefficient (Wildman–Crippen LogP) is 0.560. The van der Waals surface area contributed by atoms with E-state index >= 15 is 0 Å². The number of nitrogens with two attached hydrogens (primary N) is 1. The van der Waals surface area contributed by atoms with Crippen LogP contribution in [-0.2, 0) is 13.5 Å².